The first-order chi connectivity index (χ1) is 8.15. The lowest BCUT2D eigenvalue weighted by Gasteiger charge is -2.10. The van der Waals surface area contributed by atoms with Gasteiger partial charge in [-0.1, -0.05) is 17.7 Å². The minimum absolute atomic E-state index is 0.0897. The normalized spacial score (nSPS) is 10.3. The molecule has 0 atom stereocenters. The standard InChI is InChI=1S/C11H11ClN4O/c1-7-8(12)3-2-4-9(7)16-6-5-14-10(15-13)11(16)17/h2-6H,13H2,1H3,(H,14,15). The maximum absolute atomic E-state index is 12.0. The fourth-order valence-electron chi connectivity index (χ4n) is 1.56. The zero-order valence-electron chi connectivity index (χ0n) is 9.14. The number of aromatic nitrogens is 2. The lowest BCUT2D eigenvalue weighted by Crippen LogP contribution is -2.26. The zero-order valence-corrected chi connectivity index (χ0v) is 9.90. The monoisotopic (exact) mass is 250 g/mol. The van der Waals surface area contributed by atoms with Gasteiger partial charge in [-0.25, -0.2) is 10.8 Å². The molecular formula is C11H11ClN4O. The molecule has 1 aromatic carbocycles. The van der Waals surface area contributed by atoms with E-state index in [2.05, 4.69) is 10.4 Å². The van der Waals surface area contributed by atoms with Gasteiger partial charge in [0, 0.05) is 17.4 Å². The lowest BCUT2D eigenvalue weighted by molar-refractivity contribution is 0.944. The smallest absolute Gasteiger partial charge is 0.299 e. The predicted molar refractivity (Wildman–Crippen MR) is 67.4 cm³/mol. The molecule has 2 aromatic rings. The van der Waals surface area contributed by atoms with E-state index < -0.39 is 0 Å². The van der Waals surface area contributed by atoms with Crippen LogP contribution in [0.1, 0.15) is 5.56 Å². The molecule has 17 heavy (non-hydrogen) atoms. The van der Waals surface area contributed by atoms with Crippen LogP contribution in [0.25, 0.3) is 5.69 Å². The van der Waals surface area contributed by atoms with E-state index in [9.17, 15) is 4.79 Å². The number of hydrazine groups is 1. The highest BCUT2D eigenvalue weighted by molar-refractivity contribution is 6.31. The molecule has 0 aliphatic carbocycles. The van der Waals surface area contributed by atoms with Crippen LogP contribution in [0.3, 0.4) is 0 Å². The van der Waals surface area contributed by atoms with Gasteiger partial charge in [0.2, 0.25) is 5.82 Å². The number of rotatable bonds is 2. The lowest BCUT2D eigenvalue weighted by atomic mass is 10.2. The molecule has 0 fully saturated rings. The van der Waals surface area contributed by atoms with Crippen molar-refractivity contribution in [3.63, 3.8) is 0 Å². The Morgan fingerprint density at radius 1 is 1.47 bits per heavy atom. The number of halogens is 1. The van der Waals surface area contributed by atoms with E-state index in [4.69, 9.17) is 17.4 Å². The van der Waals surface area contributed by atoms with Gasteiger partial charge in [0.1, 0.15) is 0 Å². The minimum atomic E-state index is -0.319. The quantitative estimate of drug-likeness (QED) is 0.626. The fraction of sp³-hybridized carbons (Fsp3) is 0.0909. The highest BCUT2D eigenvalue weighted by atomic mass is 35.5. The molecule has 5 nitrogen and oxygen atoms in total. The highest BCUT2D eigenvalue weighted by Crippen LogP contribution is 2.20. The van der Waals surface area contributed by atoms with Gasteiger partial charge < -0.3 is 5.43 Å². The first-order valence-electron chi connectivity index (χ1n) is 4.95. The molecule has 2 rings (SSSR count). The first kappa shape index (κ1) is 11.6. The third-order valence-electron chi connectivity index (χ3n) is 2.48. The van der Waals surface area contributed by atoms with Crippen LogP contribution in [0.4, 0.5) is 5.82 Å². The summed E-state index contributed by atoms with van der Waals surface area (Å²) in [6.45, 7) is 1.85. The van der Waals surface area contributed by atoms with Crippen LogP contribution < -0.4 is 16.8 Å². The SMILES string of the molecule is Cc1c(Cl)cccc1-n1ccnc(NN)c1=O. The molecule has 0 unspecified atom stereocenters. The molecule has 0 amide bonds. The van der Waals surface area contributed by atoms with E-state index in [1.54, 1.807) is 18.3 Å². The van der Waals surface area contributed by atoms with Crippen LogP contribution in [-0.2, 0) is 0 Å². The molecule has 0 bridgehead atoms. The number of anilines is 1. The van der Waals surface area contributed by atoms with Crippen LogP contribution >= 0.6 is 11.6 Å². The van der Waals surface area contributed by atoms with Crippen LogP contribution in [0.2, 0.25) is 5.02 Å². The summed E-state index contributed by atoms with van der Waals surface area (Å²) in [6, 6.07) is 5.37. The molecule has 0 saturated carbocycles. The number of hydrogen-bond donors (Lipinski definition) is 2. The maximum atomic E-state index is 12.0. The van der Waals surface area contributed by atoms with Crippen LogP contribution in [-0.4, -0.2) is 9.55 Å². The van der Waals surface area contributed by atoms with Crippen molar-refractivity contribution < 1.29 is 0 Å². The summed E-state index contributed by atoms with van der Waals surface area (Å²) >= 11 is 6.02. The van der Waals surface area contributed by atoms with Crippen molar-refractivity contribution in [1.82, 2.24) is 9.55 Å². The van der Waals surface area contributed by atoms with E-state index in [0.29, 0.717) is 10.7 Å². The molecule has 0 saturated heterocycles. The van der Waals surface area contributed by atoms with Gasteiger partial charge >= 0.3 is 0 Å². The van der Waals surface area contributed by atoms with E-state index in [1.807, 2.05) is 13.0 Å². The molecule has 0 radical (unpaired) electrons. The van der Waals surface area contributed by atoms with Crippen LogP contribution in [0.5, 0.6) is 0 Å². The topological polar surface area (TPSA) is 72.9 Å². The van der Waals surface area contributed by atoms with E-state index >= 15 is 0 Å². The summed E-state index contributed by atoms with van der Waals surface area (Å²) < 4.78 is 1.45. The van der Waals surface area contributed by atoms with Crippen molar-refractivity contribution in [3.05, 3.63) is 51.5 Å². The Balaban J connectivity index is 2.69. The Labute approximate surface area is 103 Å². The summed E-state index contributed by atoms with van der Waals surface area (Å²) in [5, 5.41) is 0.605. The first-order valence-corrected chi connectivity index (χ1v) is 5.32. The molecule has 0 aliphatic heterocycles. The number of benzene rings is 1. The maximum Gasteiger partial charge on any atom is 0.299 e. The summed E-state index contributed by atoms with van der Waals surface area (Å²) in [5.74, 6) is 5.30. The molecule has 3 N–H and O–H groups in total. The van der Waals surface area contributed by atoms with Gasteiger partial charge in [-0.2, -0.15) is 0 Å². The fourth-order valence-corrected chi connectivity index (χ4v) is 1.73. The predicted octanol–water partition coefficient (Wildman–Crippen LogP) is 1.48. The number of hydrogen-bond acceptors (Lipinski definition) is 4. The van der Waals surface area contributed by atoms with Crippen LogP contribution in [0, 0.1) is 6.92 Å². The Morgan fingerprint density at radius 3 is 2.94 bits per heavy atom. The number of nitrogens with zero attached hydrogens (tertiary/aromatic N) is 2. The minimum Gasteiger partial charge on any atom is -0.304 e. The number of nitrogens with one attached hydrogen (secondary N) is 1. The van der Waals surface area contributed by atoms with E-state index in [1.165, 1.54) is 10.8 Å². The number of nitrogens with two attached hydrogens (primary N) is 1. The van der Waals surface area contributed by atoms with Crippen molar-refractivity contribution >= 4 is 17.4 Å². The third kappa shape index (κ3) is 2.02. The summed E-state index contributed by atoms with van der Waals surface area (Å²) in [7, 11) is 0. The van der Waals surface area contributed by atoms with Crippen molar-refractivity contribution in [2.45, 2.75) is 6.92 Å². The molecule has 6 heteroatoms. The summed E-state index contributed by atoms with van der Waals surface area (Å²) in [6.07, 6.45) is 3.07. The molecule has 0 aliphatic rings. The largest absolute Gasteiger partial charge is 0.304 e. The van der Waals surface area contributed by atoms with Crippen molar-refractivity contribution in [3.8, 4) is 5.69 Å². The molecule has 1 heterocycles. The average molecular weight is 251 g/mol. The zero-order chi connectivity index (χ0) is 12.4. The summed E-state index contributed by atoms with van der Waals surface area (Å²) in [4.78, 5) is 15.8. The molecule has 0 spiro atoms. The van der Waals surface area contributed by atoms with Gasteiger partial charge in [-0.15, -0.1) is 0 Å². The highest BCUT2D eigenvalue weighted by Gasteiger charge is 2.08. The van der Waals surface area contributed by atoms with Gasteiger partial charge in [-0.3, -0.25) is 9.36 Å². The van der Waals surface area contributed by atoms with Crippen molar-refractivity contribution in [2.75, 3.05) is 5.43 Å². The van der Waals surface area contributed by atoms with Crippen molar-refractivity contribution in [2.24, 2.45) is 5.84 Å². The number of nitrogen functional groups attached to an aromatic ring is 1. The Morgan fingerprint density at radius 2 is 2.24 bits per heavy atom. The Bertz CT molecular complexity index is 609. The molecule has 88 valence electrons. The third-order valence-corrected chi connectivity index (χ3v) is 2.89. The Hall–Kier alpha value is -1.85. The molecular weight excluding hydrogens is 240 g/mol. The van der Waals surface area contributed by atoms with Crippen LogP contribution in [0.15, 0.2) is 35.4 Å². The Kier molecular flexibility index (Phi) is 3.12. The van der Waals surface area contributed by atoms with Gasteiger partial charge in [0.15, 0.2) is 0 Å². The summed E-state index contributed by atoms with van der Waals surface area (Å²) in [5.41, 5.74) is 3.48. The second-order valence-corrected chi connectivity index (χ2v) is 3.89. The van der Waals surface area contributed by atoms with Gasteiger partial charge in [-0.05, 0) is 24.6 Å². The van der Waals surface area contributed by atoms with Crippen molar-refractivity contribution in [1.29, 1.82) is 0 Å². The van der Waals surface area contributed by atoms with Gasteiger partial charge in [0.05, 0.1) is 5.69 Å². The average Bonchev–Trinajstić information content (AvgIpc) is 2.33. The molecule has 1 aromatic heterocycles. The second kappa shape index (κ2) is 4.57. The van der Waals surface area contributed by atoms with E-state index in [0.717, 1.165) is 5.56 Å². The van der Waals surface area contributed by atoms with E-state index in [-0.39, 0.29) is 11.4 Å². The van der Waals surface area contributed by atoms with Gasteiger partial charge in [0.25, 0.3) is 5.56 Å². The second-order valence-electron chi connectivity index (χ2n) is 3.48.